The zero-order chi connectivity index (χ0) is 31.9. The third-order valence-electron chi connectivity index (χ3n) is 9.54. The number of aliphatic carboxylic acids is 1. The zero-order valence-electron chi connectivity index (χ0n) is 25.8. The Morgan fingerprint density at radius 2 is 1.95 bits per heavy atom. The van der Waals surface area contributed by atoms with Crippen LogP contribution in [0.3, 0.4) is 0 Å². The summed E-state index contributed by atoms with van der Waals surface area (Å²) in [6, 6.07) is -2.79. The van der Waals surface area contributed by atoms with Gasteiger partial charge in [-0.2, -0.15) is 4.31 Å². The van der Waals surface area contributed by atoms with Crippen molar-refractivity contribution in [1.29, 1.82) is 0 Å². The van der Waals surface area contributed by atoms with E-state index in [9.17, 15) is 32.7 Å². The van der Waals surface area contributed by atoms with Crippen LogP contribution in [0.25, 0.3) is 0 Å². The Kier molecular flexibility index (Phi) is 9.44. The van der Waals surface area contributed by atoms with Gasteiger partial charge in [-0.1, -0.05) is 45.8 Å². The number of allylic oxidation sites excluding steroid dienone is 2. The summed E-state index contributed by atoms with van der Waals surface area (Å²) in [5.74, 6) is -1.43. The summed E-state index contributed by atoms with van der Waals surface area (Å²) in [5.41, 5.74) is -1.83. The van der Waals surface area contributed by atoms with Crippen molar-refractivity contribution in [1.82, 2.24) is 25.2 Å². The lowest BCUT2D eigenvalue weighted by molar-refractivity contribution is -0.145. The third-order valence-corrected chi connectivity index (χ3v) is 12.8. The molecule has 44 heavy (non-hydrogen) atoms. The van der Waals surface area contributed by atoms with Crippen LogP contribution in [0, 0.1) is 11.3 Å². The Hall–Kier alpha value is -2.58. The van der Waals surface area contributed by atoms with Crippen LogP contribution in [-0.2, 0) is 24.4 Å². The smallest absolute Gasteiger partial charge is 0.330 e. The average Bonchev–Trinajstić information content (AvgIpc) is 3.29. The maximum absolute atomic E-state index is 13.9. The molecule has 5 atom stereocenters. The van der Waals surface area contributed by atoms with Crippen LogP contribution in [0.5, 0.6) is 0 Å². The van der Waals surface area contributed by atoms with E-state index in [-0.39, 0.29) is 18.4 Å². The average molecular weight is 652 g/mol. The van der Waals surface area contributed by atoms with Crippen molar-refractivity contribution in [3.8, 4) is 0 Å². The molecule has 0 aromatic carbocycles. The highest BCUT2D eigenvalue weighted by molar-refractivity contribution is 8.05. The molecular weight excluding hydrogens is 606 g/mol. The van der Waals surface area contributed by atoms with Gasteiger partial charge in [-0.15, -0.1) is 11.8 Å². The number of carboxylic acids is 1. The first kappa shape index (κ1) is 32.8. The second kappa shape index (κ2) is 12.7. The molecule has 0 aromatic rings. The summed E-state index contributed by atoms with van der Waals surface area (Å²) in [6.45, 7) is 6.57. The zero-order valence-corrected chi connectivity index (χ0v) is 27.4. The first-order valence-corrected chi connectivity index (χ1v) is 18.1. The van der Waals surface area contributed by atoms with E-state index in [1.54, 1.807) is 11.8 Å². The second-order valence-corrected chi connectivity index (χ2v) is 16.8. The molecule has 2 fully saturated rings. The highest BCUT2D eigenvalue weighted by atomic mass is 32.2. The quantitative estimate of drug-likeness (QED) is 0.330. The number of carbonyl (C=O) groups is 4. The van der Waals surface area contributed by atoms with Crippen LogP contribution in [0.4, 0.5) is 4.79 Å². The monoisotopic (exact) mass is 651 g/mol. The van der Waals surface area contributed by atoms with Gasteiger partial charge in [0.05, 0.1) is 4.91 Å². The maximum Gasteiger partial charge on any atom is 0.330 e. The summed E-state index contributed by atoms with van der Waals surface area (Å²) in [7, 11) is -3.57. The lowest BCUT2D eigenvalue weighted by Crippen LogP contribution is -2.59. The number of hydrogen-bond acceptors (Lipinski definition) is 7. The Morgan fingerprint density at radius 3 is 2.66 bits per heavy atom. The standard InChI is InChI=1S/C30H45N5O7S2/c1-29(2,3)24(18-34-17-22-23(13-15-43-22)44(34,41)42)32-28(40)31-20-11-8-6-4-5-7-10-19-16-30(19,27(38)39)33-25(36)21-12-9-14-35(21)26(20)37/h7,10,19-21,24H,4-6,8-9,11-18H2,1-3H3,(H,33,36)(H,38,39)(H2,31,32,40)/b10-7-/t19?,20-,21-,24?,30+/m0/s1. The van der Waals surface area contributed by atoms with Crippen molar-refractivity contribution in [3.63, 3.8) is 0 Å². The van der Waals surface area contributed by atoms with E-state index in [0.29, 0.717) is 56.5 Å². The van der Waals surface area contributed by atoms with Gasteiger partial charge in [0, 0.05) is 42.3 Å². The molecule has 4 N–H and O–H groups in total. The number of thioether (sulfide) groups is 1. The Morgan fingerprint density at radius 1 is 1.18 bits per heavy atom. The number of carboxylic acid groups (broad SMARTS) is 1. The summed E-state index contributed by atoms with van der Waals surface area (Å²) < 4.78 is 27.7. The van der Waals surface area contributed by atoms with E-state index in [1.807, 2.05) is 32.9 Å². The van der Waals surface area contributed by atoms with E-state index >= 15 is 0 Å². The molecule has 5 aliphatic rings. The molecule has 1 saturated heterocycles. The van der Waals surface area contributed by atoms with Crippen LogP contribution in [-0.4, -0.2) is 95.6 Å². The molecule has 0 spiro atoms. The van der Waals surface area contributed by atoms with E-state index in [0.717, 1.165) is 29.9 Å². The molecular formula is C30H45N5O7S2. The summed E-state index contributed by atoms with van der Waals surface area (Å²) in [5, 5.41) is 18.5. The van der Waals surface area contributed by atoms with Crippen molar-refractivity contribution < 1.29 is 32.7 Å². The number of urea groups is 1. The number of carbonyl (C=O) groups excluding carboxylic acids is 3. The van der Waals surface area contributed by atoms with Crippen molar-refractivity contribution in [2.75, 3.05) is 25.4 Å². The van der Waals surface area contributed by atoms with Crippen LogP contribution < -0.4 is 16.0 Å². The molecule has 5 rings (SSSR count). The number of amides is 4. The second-order valence-electron chi connectivity index (χ2n) is 13.7. The molecule has 0 bridgehead atoms. The summed E-state index contributed by atoms with van der Waals surface area (Å²) >= 11 is 1.57. The number of hydrogen-bond donors (Lipinski definition) is 4. The number of nitrogens with one attached hydrogen (secondary N) is 3. The minimum atomic E-state index is -3.57. The third kappa shape index (κ3) is 6.67. The molecule has 244 valence electrons. The van der Waals surface area contributed by atoms with E-state index in [2.05, 4.69) is 16.0 Å². The summed E-state index contributed by atoms with van der Waals surface area (Å²) in [4.78, 5) is 55.7. The fourth-order valence-electron chi connectivity index (χ4n) is 6.63. The van der Waals surface area contributed by atoms with Gasteiger partial charge >= 0.3 is 12.0 Å². The molecule has 1 saturated carbocycles. The van der Waals surface area contributed by atoms with Crippen LogP contribution >= 0.6 is 11.8 Å². The van der Waals surface area contributed by atoms with E-state index in [1.165, 1.54) is 9.21 Å². The molecule has 2 unspecified atom stereocenters. The van der Waals surface area contributed by atoms with Gasteiger partial charge in [-0.25, -0.2) is 18.0 Å². The molecule has 1 aliphatic carbocycles. The fraction of sp³-hybridized carbons (Fsp3) is 0.733. The molecule has 14 heteroatoms. The van der Waals surface area contributed by atoms with Crippen LogP contribution in [0.15, 0.2) is 22.0 Å². The predicted molar refractivity (Wildman–Crippen MR) is 167 cm³/mol. The lowest BCUT2D eigenvalue weighted by atomic mass is 9.86. The molecule has 4 amide bonds. The van der Waals surface area contributed by atoms with Crippen molar-refractivity contribution in [2.45, 2.75) is 102 Å². The van der Waals surface area contributed by atoms with Gasteiger partial charge in [-0.3, -0.25) is 9.59 Å². The SMILES string of the molecule is CC(C)(C)C(CN1CC2=C(CCS2)S1(=O)=O)NC(=O)N[C@H]1CCCCC/C=C\C2C[C@@]2(C(=O)O)NC(=O)[C@@H]2CCCN2C1=O. The van der Waals surface area contributed by atoms with Crippen LogP contribution in [0.2, 0.25) is 0 Å². The van der Waals surface area contributed by atoms with Crippen molar-refractivity contribution in [2.24, 2.45) is 11.3 Å². The molecule has 4 aliphatic heterocycles. The molecule has 0 aromatic heterocycles. The minimum absolute atomic E-state index is 0.111. The van der Waals surface area contributed by atoms with Crippen molar-refractivity contribution in [3.05, 3.63) is 22.0 Å². The number of nitrogens with zero attached hydrogens (tertiary/aromatic N) is 2. The molecule has 0 radical (unpaired) electrons. The van der Waals surface area contributed by atoms with E-state index < -0.39 is 57.0 Å². The molecule has 12 nitrogen and oxygen atoms in total. The van der Waals surface area contributed by atoms with E-state index in [4.69, 9.17) is 0 Å². The number of rotatable bonds is 5. The first-order chi connectivity index (χ1) is 20.7. The number of fused-ring (bicyclic) bond motifs is 2. The maximum atomic E-state index is 13.9. The fourth-order valence-corrected chi connectivity index (χ4v) is 10.1. The van der Waals surface area contributed by atoms with Gasteiger partial charge in [0.2, 0.25) is 21.8 Å². The predicted octanol–water partition coefficient (Wildman–Crippen LogP) is 2.53. The van der Waals surface area contributed by atoms with Gasteiger partial charge in [0.25, 0.3) is 0 Å². The highest BCUT2D eigenvalue weighted by Gasteiger charge is 2.61. The van der Waals surface area contributed by atoms with Gasteiger partial charge < -0.3 is 26.0 Å². The van der Waals surface area contributed by atoms with Gasteiger partial charge in [-0.05, 0) is 50.4 Å². The Bertz CT molecular complexity index is 1360. The lowest BCUT2D eigenvalue weighted by Gasteiger charge is -2.35. The van der Waals surface area contributed by atoms with Crippen molar-refractivity contribution >= 4 is 45.6 Å². The van der Waals surface area contributed by atoms with Gasteiger partial charge in [0.15, 0.2) is 0 Å². The van der Waals surface area contributed by atoms with Gasteiger partial charge in [0.1, 0.15) is 17.6 Å². The Labute approximate surface area is 263 Å². The molecule has 4 heterocycles. The van der Waals surface area contributed by atoms with Crippen LogP contribution in [0.1, 0.15) is 78.6 Å². The normalized spacial score (nSPS) is 32.4. The topological polar surface area (TPSA) is 165 Å². The number of sulfonamides is 1. The largest absolute Gasteiger partial charge is 0.479 e. The summed E-state index contributed by atoms with van der Waals surface area (Å²) in [6.07, 6.45) is 9.19. The highest BCUT2D eigenvalue weighted by Crippen LogP contribution is 2.45. The first-order valence-electron chi connectivity index (χ1n) is 15.7. The Balaban J connectivity index is 1.29. The minimum Gasteiger partial charge on any atom is -0.479 e.